The summed E-state index contributed by atoms with van der Waals surface area (Å²) >= 11 is 0. The van der Waals surface area contributed by atoms with Gasteiger partial charge in [0.1, 0.15) is 0 Å². The van der Waals surface area contributed by atoms with E-state index < -0.39 is 5.97 Å². The Hall–Kier alpha value is -2.63. The molecule has 1 amide bonds. The number of anilines is 1. The van der Waals surface area contributed by atoms with Crippen LogP contribution in [0.5, 0.6) is 0 Å². The summed E-state index contributed by atoms with van der Waals surface area (Å²) in [5.41, 5.74) is 1.82. The number of aromatic carboxylic acids is 1. The highest BCUT2D eigenvalue weighted by atomic mass is 16.4. The first-order valence-corrected chi connectivity index (χ1v) is 8.01. The molecular formula is C18H21N3O3. The molecule has 0 spiro atoms. The Morgan fingerprint density at radius 2 is 1.96 bits per heavy atom. The molecule has 0 saturated heterocycles. The van der Waals surface area contributed by atoms with Crippen molar-refractivity contribution < 1.29 is 14.7 Å². The number of carbonyl (C=O) groups is 2. The first-order valence-electron chi connectivity index (χ1n) is 8.01. The van der Waals surface area contributed by atoms with E-state index in [2.05, 4.69) is 31.2 Å². The summed E-state index contributed by atoms with van der Waals surface area (Å²) in [7, 11) is 0. The maximum absolute atomic E-state index is 12.5. The topological polar surface area (TPSA) is 84.2 Å². The molecule has 2 aromatic rings. The van der Waals surface area contributed by atoms with Gasteiger partial charge in [-0.15, -0.1) is 0 Å². The molecule has 6 nitrogen and oxygen atoms in total. The SMILES string of the molecule is CC(C)(C)n1nc(C(=O)Nc2cccc(C(=O)O)c2)cc1C1CC1. The summed E-state index contributed by atoms with van der Waals surface area (Å²) in [5, 5.41) is 16.2. The predicted octanol–water partition coefficient (Wildman–Crippen LogP) is 3.47. The molecule has 3 rings (SSSR count). The van der Waals surface area contributed by atoms with Crippen molar-refractivity contribution in [2.45, 2.75) is 45.1 Å². The first-order chi connectivity index (χ1) is 11.3. The molecule has 2 N–H and O–H groups in total. The largest absolute Gasteiger partial charge is 0.478 e. The second-order valence-electron chi connectivity index (χ2n) is 7.15. The molecular weight excluding hydrogens is 306 g/mol. The minimum absolute atomic E-state index is 0.131. The van der Waals surface area contributed by atoms with Crippen molar-refractivity contribution >= 4 is 17.6 Å². The van der Waals surface area contributed by atoms with Crippen molar-refractivity contribution in [3.8, 4) is 0 Å². The molecule has 0 radical (unpaired) electrons. The molecule has 0 bridgehead atoms. The van der Waals surface area contributed by atoms with Crippen LogP contribution in [0.2, 0.25) is 0 Å². The number of amides is 1. The molecule has 1 fully saturated rings. The quantitative estimate of drug-likeness (QED) is 0.900. The van der Waals surface area contributed by atoms with Crippen LogP contribution < -0.4 is 5.32 Å². The minimum Gasteiger partial charge on any atom is -0.478 e. The Labute approximate surface area is 140 Å². The smallest absolute Gasteiger partial charge is 0.335 e. The third-order valence-corrected chi connectivity index (χ3v) is 3.97. The number of nitrogens with one attached hydrogen (secondary N) is 1. The molecule has 1 heterocycles. The molecule has 6 heteroatoms. The summed E-state index contributed by atoms with van der Waals surface area (Å²) in [6.45, 7) is 6.18. The Bertz CT molecular complexity index is 798. The predicted molar refractivity (Wildman–Crippen MR) is 90.6 cm³/mol. The van der Waals surface area contributed by atoms with Gasteiger partial charge >= 0.3 is 5.97 Å². The zero-order valence-electron chi connectivity index (χ0n) is 14.0. The lowest BCUT2D eigenvalue weighted by molar-refractivity contribution is 0.0696. The van der Waals surface area contributed by atoms with E-state index in [9.17, 15) is 9.59 Å². The second-order valence-corrected chi connectivity index (χ2v) is 7.15. The van der Waals surface area contributed by atoms with Crippen molar-refractivity contribution in [2.24, 2.45) is 0 Å². The summed E-state index contributed by atoms with van der Waals surface area (Å²) in [6.07, 6.45) is 2.26. The van der Waals surface area contributed by atoms with Gasteiger partial charge in [-0.1, -0.05) is 6.07 Å². The van der Waals surface area contributed by atoms with Crippen LogP contribution in [0, 0.1) is 0 Å². The van der Waals surface area contributed by atoms with Gasteiger partial charge in [-0.3, -0.25) is 9.48 Å². The van der Waals surface area contributed by atoms with Gasteiger partial charge in [0.05, 0.1) is 11.1 Å². The third kappa shape index (κ3) is 3.32. The molecule has 1 aromatic carbocycles. The van der Waals surface area contributed by atoms with Crippen LogP contribution in [0.4, 0.5) is 5.69 Å². The fourth-order valence-corrected chi connectivity index (χ4v) is 2.64. The Morgan fingerprint density at radius 1 is 1.25 bits per heavy atom. The van der Waals surface area contributed by atoms with E-state index in [0.29, 0.717) is 17.3 Å². The number of carboxylic acids is 1. The van der Waals surface area contributed by atoms with Gasteiger partial charge in [0.15, 0.2) is 5.69 Å². The number of rotatable bonds is 4. The van der Waals surface area contributed by atoms with Crippen LogP contribution in [0.3, 0.4) is 0 Å². The van der Waals surface area contributed by atoms with Gasteiger partial charge in [0, 0.05) is 17.3 Å². The van der Waals surface area contributed by atoms with Crippen LogP contribution in [0.1, 0.15) is 66.1 Å². The normalized spacial score (nSPS) is 14.5. The molecule has 0 atom stereocenters. The zero-order valence-corrected chi connectivity index (χ0v) is 14.0. The van der Waals surface area contributed by atoms with Gasteiger partial charge in [0.2, 0.25) is 0 Å². The molecule has 126 valence electrons. The van der Waals surface area contributed by atoms with Crippen molar-refractivity contribution in [2.75, 3.05) is 5.32 Å². The first kappa shape index (κ1) is 16.2. The van der Waals surface area contributed by atoms with Crippen LogP contribution in [0.15, 0.2) is 30.3 Å². The molecule has 1 aliphatic carbocycles. The number of nitrogens with zero attached hydrogens (tertiary/aromatic N) is 2. The number of benzene rings is 1. The summed E-state index contributed by atoms with van der Waals surface area (Å²) in [4.78, 5) is 23.5. The van der Waals surface area contributed by atoms with Crippen LogP contribution in [0.25, 0.3) is 0 Å². The van der Waals surface area contributed by atoms with Crippen molar-refractivity contribution in [3.05, 3.63) is 47.3 Å². The number of aromatic nitrogens is 2. The summed E-state index contributed by atoms with van der Waals surface area (Å²) in [6, 6.07) is 8.02. The highest BCUT2D eigenvalue weighted by molar-refractivity contribution is 6.03. The summed E-state index contributed by atoms with van der Waals surface area (Å²) < 4.78 is 1.92. The van der Waals surface area contributed by atoms with Crippen molar-refractivity contribution in [1.82, 2.24) is 9.78 Å². The maximum atomic E-state index is 12.5. The highest BCUT2D eigenvalue weighted by Gasteiger charge is 2.32. The monoisotopic (exact) mass is 327 g/mol. The summed E-state index contributed by atoms with van der Waals surface area (Å²) in [5.74, 6) is -0.879. The maximum Gasteiger partial charge on any atom is 0.335 e. The average molecular weight is 327 g/mol. The van der Waals surface area contributed by atoms with Crippen molar-refractivity contribution in [1.29, 1.82) is 0 Å². The molecule has 1 aromatic heterocycles. The minimum atomic E-state index is -1.03. The highest BCUT2D eigenvalue weighted by Crippen LogP contribution is 2.41. The molecule has 0 aliphatic heterocycles. The van der Waals surface area contributed by atoms with Crippen LogP contribution in [-0.4, -0.2) is 26.8 Å². The Kier molecular flexibility index (Phi) is 3.91. The number of carboxylic acid groups (broad SMARTS) is 1. The third-order valence-electron chi connectivity index (χ3n) is 3.97. The molecule has 24 heavy (non-hydrogen) atoms. The lowest BCUT2D eigenvalue weighted by Gasteiger charge is -2.22. The molecule has 1 aliphatic rings. The van der Waals surface area contributed by atoms with E-state index in [1.807, 2.05) is 10.7 Å². The van der Waals surface area contributed by atoms with Gasteiger partial charge in [0.25, 0.3) is 5.91 Å². The van der Waals surface area contributed by atoms with Gasteiger partial charge < -0.3 is 10.4 Å². The standard InChI is InChI=1S/C18H21N3O3/c1-18(2,3)21-15(11-7-8-11)10-14(20-21)16(22)19-13-6-4-5-12(9-13)17(23)24/h4-6,9-11H,7-8H2,1-3H3,(H,19,22)(H,23,24). The van der Waals surface area contributed by atoms with E-state index in [0.717, 1.165) is 18.5 Å². The lowest BCUT2D eigenvalue weighted by Crippen LogP contribution is -2.25. The fraction of sp³-hybridized carbons (Fsp3) is 0.389. The number of hydrogen-bond donors (Lipinski definition) is 2. The molecule has 1 saturated carbocycles. The van der Waals surface area contributed by atoms with Crippen LogP contribution in [-0.2, 0) is 5.54 Å². The van der Waals surface area contributed by atoms with Gasteiger partial charge in [-0.05, 0) is 57.9 Å². The zero-order chi connectivity index (χ0) is 17.5. The van der Waals surface area contributed by atoms with E-state index in [-0.39, 0.29) is 17.0 Å². The average Bonchev–Trinajstić information content (AvgIpc) is 3.24. The number of carbonyl (C=O) groups excluding carboxylic acids is 1. The van der Waals surface area contributed by atoms with E-state index in [1.54, 1.807) is 12.1 Å². The van der Waals surface area contributed by atoms with E-state index in [4.69, 9.17) is 5.11 Å². The number of hydrogen-bond acceptors (Lipinski definition) is 3. The second kappa shape index (κ2) is 5.78. The van der Waals surface area contributed by atoms with Gasteiger partial charge in [-0.2, -0.15) is 5.10 Å². The Morgan fingerprint density at radius 3 is 2.54 bits per heavy atom. The van der Waals surface area contributed by atoms with E-state index >= 15 is 0 Å². The lowest BCUT2D eigenvalue weighted by atomic mass is 10.1. The molecule has 0 unspecified atom stereocenters. The van der Waals surface area contributed by atoms with Crippen LogP contribution >= 0.6 is 0 Å². The van der Waals surface area contributed by atoms with E-state index in [1.165, 1.54) is 12.1 Å². The van der Waals surface area contributed by atoms with Crippen molar-refractivity contribution in [3.63, 3.8) is 0 Å². The van der Waals surface area contributed by atoms with Gasteiger partial charge in [-0.25, -0.2) is 4.79 Å². The fourth-order valence-electron chi connectivity index (χ4n) is 2.64. The Balaban J connectivity index is 1.85.